The molecule has 0 spiro atoms. The van der Waals surface area contributed by atoms with E-state index in [4.69, 9.17) is 0 Å². The summed E-state index contributed by atoms with van der Waals surface area (Å²) in [5.74, 6) is 0. The molecule has 0 N–H and O–H groups in total. The molecule has 2 unspecified atom stereocenters. The van der Waals surface area contributed by atoms with E-state index in [1.165, 1.54) is 19.4 Å². The Morgan fingerprint density at radius 1 is 1.21 bits per heavy atom. The van der Waals surface area contributed by atoms with Gasteiger partial charge in [-0.15, -0.1) is 0 Å². The molecule has 2 atom stereocenters. The zero-order valence-corrected chi connectivity index (χ0v) is 10.7. The van der Waals surface area contributed by atoms with Crippen LogP contribution in [0, 0.1) is 5.41 Å². The molecule has 1 rings (SSSR count). The summed E-state index contributed by atoms with van der Waals surface area (Å²) in [6.07, 6.45) is 2.72. The second kappa shape index (κ2) is 4.19. The fourth-order valence-electron chi connectivity index (χ4n) is 2.70. The van der Waals surface area contributed by atoms with E-state index in [0.29, 0.717) is 5.41 Å². The maximum atomic E-state index is 2.58. The highest BCUT2D eigenvalue weighted by atomic mass is 15.2. The van der Waals surface area contributed by atoms with Gasteiger partial charge in [0.15, 0.2) is 0 Å². The molecule has 0 aromatic carbocycles. The van der Waals surface area contributed by atoms with Crippen LogP contribution in [0.1, 0.15) is 33.6 Å². The Bertz CT molecular complexity index is 181. The second-order valence-corrected chi connectivity index (χ2v) is 6.04. The lowest BCUT2D eigenvalue weighted by molar-refractivity contribution is 0.124. The van der Waals surface area contributed by atoms with Gasteiger partial charge in [-0.1, -0.05) is 20.8 Å². The zero-order valence-electron chi connectivity index (χ0n) is 10.7. The third-order valence-corrected chi connectivity index (χ3v) is 3.42. The Morgan fingerprint density at radius 2 is 1.79 bits per heavy atom. The minimum absolute atomic E-state index is 0.426. The third-order valence-electron chi connectivity index (χ3n) is 3.42. The molecule has 0 aliphatic carbocycles. The molecule has 0 saturated carbocycles. The topological polar surface area (TPSA) is 6.48 Å². The Morgan fingerprint density at radius 3 is 2.14 bits per heavy atom. The Labute approximate surface area is 89.3 Å². The van der Waals surface area contributed by atoms with Crippen molar-refractivity contribution in [3.8, 4) is 0 Å². The van der Waals surface area contributed by atoms with Gasteiger partial charge >= 0.3 is 0 Å². The van der Waals surface area contributed by atoms with Crippen LogP contribution in [0.15, 0.2) is 0 Å². The molecule has 2 nitrogen and oxygen atoms in total. The monoisotopic (exact) mass is 198 g/mol. The van der Waals surface area contributed by atoms with Gasteiger partial charge in [0.25, 0.3) is 0 Å². The third kappa shape index (κ3) is 2.71. The van der Waals surface area contributed by atoms with Gasteiger partial charge in [-0.2, -0.15) is 0 Å². The number of rotatable bonds is 2. The Kier molecular flexibility index (Phi) is 3.59. The van der Waals surface area contributed by atoms with Crippen LogP contribution in [-0.2, 0) is 0 Å². The second-order valence-electron chi connectivity index (χ2n) is 6.04. The van der Waals surface area contributed by atoms with E-state index in [-0.39, 0.29) is 0 Å². The molecule has 1 aliphatic rings. The maximum Gasteiger partial charge on any atom is 0.0223 e. The van der Waals surface area contributed by atoms with E-state index in [1.54, 1.807) is 0 Å². The van der Waals surface area contributed by atoms with Crippen LogP contribution in [0.4, 0.5) is 0 Å². The summed E-state index contributed by atoms with van der Waals surface area (Å²) in [4.78, 5) is 4.88. The van der Waals surface area contributed by atoms with Gasteiger partial charge in [-0.3, -0.25) is 4.90 Å². The molecule has 1 fully saturated rings. The van der Waals surface area contributed by atoms with Crippen molar-refractivity contribution < 1.29 is 0 Å². The highest BCUT2D eigenvalue weighted by Gasteiger charge is 2.37. The first-order chi connectivity index (χ1) is 6.32. The van der Waals surface area contributed by atoms with Gasteiger partial charge in [0.2, 0.25) is 0 Å². The van der Waals surface area contributed by atoms with Crippen LogP contribution in [0.25, 0.3) is 0 Å². The molecule has 2 heteroatoms. The van der Waals surface area contributed by atoms with Crippen molar-refractivity contribution in [3.63, 3.8) is 0 Å². The number of likely N-dealkylation sites (tertiary alicyclic amines) is 1. The van der Waals surface area contributed by atoms with Crippen LogP contribution < -0.4 is 0 Å². The average molecular weight is 198 g/mol. The Balaban J connectivity index is 2.55. The lowest BCUT2D eigenvalue weighted by atomic mass is 9.85. The standard InChI is InChI=1S/C12H26N2/c1-12(2,3)11-8-7-10(14(11)6)9-13(4)5/h10-11H,7-9H2,1-6H3. The lowest BCUT2D eigenvalue weighted by Crippen LogP contribution is -2.43. The van der Waals surface area contributed by atoms with Gasteiger partial charge < -0.3 is 4.90 Å². The quantitative estimate of drug-likeness (QED) is 0.670. The predicted molar refractivity (Wildman–Crippen MR) is 62.6 cm³/mol. The first-order valence-corrected chi connectivity index (χ1v) is 5.69. The van der Waals surface area contributed by atoms with E-state index in [9.17, 15) is 0 Å². The van der Waals surface area contributed by atoms with Crippen molar-refractivity contribution >= 4 is 0 Å². The van der Waals surface area contributed by atoms with E-state index < -0.39 is 0 Å². The van der Waals surface area contributed by atoms with Crippen LogP contribution >= 0.6 is 0 Å². The van der Waals surface area contributed by atoms with Gasteiger partial charge in [0.05, 0.1) is 0 Å². The fraction of sp³-hybridized carbons (Fsp3) is 1.00. The molecular weight excluding hydrogens is 172 g/mol. The molecule has 1 saturated heterocycles. The van der Waals surface area contributed by atoms with Crippen LogP contribution in [0.3, 0.4) is 0 Å². The molecular formula is C12H26N2. The van der Waals surface area contributed by atoms with E-state index in [0.717, 1.165) is 12.1 Å². The van der Waals surface area contributed by atoms with E-state index in [2.05, 4.69) is 51.7 Å². The summed E-state index contributed by atoms with van der Waals surface area (Å²) in [6.45, 7) is 8.26. The normalized spacial score (nSPS) is 30.2. The first kappa shape index (κ1) is 12.0. The van der Waals surface area contributed by atoms with Crippen molar-refractivity contribution in [1.29, 1.82) is 0 Å². The van der Waals surface area contributed by atoms with E-state index in [1.807, 2.05) is 0 Å². The van der Waals surface area contributed by atoms with Crippen molar-refractivity contribution in [2.24, 2.45) is 5.41 Å². The minimum Gasteiger partial charge on any atom is -0.308 e. The molecule has 0 aromatic heterocycles. The molecule has 1 aliphatic heterocycles. The first-order valence-electron chi connectivity index (χ1n) is 5.69. The van der Waals surface area contributed by atoms with Crippen molar-refractivity contribution in [2.75, 3.05) is 27.7 Å². The smallest absolute Gasteiger partial charge is 0.0223 e. The maximum absolute atomic E-state index is 2.58. The number of nitrogens with zero attached hydrogens (tertiary/aromatic N) is 2. The summed E-state index contributed by atoms with van der Waals surface area (Å²) in [5, 5.41) is 0. The average Bonchev–Trinajstić information content (AvgIpc) is 2.30. The van der Waals surface area contributed by atoms with Gasteiger partial charge in [0, 0.05) is 18.6 Å². The lowest BCUT2D eigenvalue weighted by Gasteiger charge is -2.35. The summed E-state index contributed by atoms with van der Waals surface area (Å²) in [5.41, 5.74) is 0.426. The molecule has 0 radical (unpaired) electrons. The van der Waals surface area contributed by atoms with Crippen molar-refractivity contribution in [3.05, 3.63) is 0 Å². The Hall–Kier alpha value is -0.0800. The van der Waals surface area contributed by atoms with Gasteiger partial charge in [-0.25, -0.2) is 0 Å². The molecule has 14 heavy (non-hydrogen) atoms. The van der Waals surface area contributed by atoms with Crippen molar-refractivity contribution in [2.45, 2.75) is 45.7 Å². The number of hydrogen-bond acceptors (Lipinski definition) is 2. The number of likely N-dealkylation sites (N-methyl/N-ethyl adjacent to an activating group) is 2. The van der Waals surface area contributed by atoms with Crippen molar-refractivity contribution in [1.82, 2.24) is 9.80 Å². The summed E-state index contributed by atoms with van der Waals surface area (Å²) in [6, 6.07) is 1.52. The SMILES string of the molecule is CN(C)CC1CCC(C(C)(C)C)N1C. The molecule has 0 amide bonds. The summed E-state index contributed by atoms with van der Waals surface area (Å²) >= 11 is 0. The largest absolute Gasteiger partial charge is 0.308 e. The van der Waals surface area contributed by atoms with Crippen LogP contribution in [-0.4, -0.2) is 49.6 Å². The predicted octanol–water partition coefficient (Wildman–Crippen LogP) is 2.06. The van der Waals surface area contributed by atoms with Gasteiger partial charge in [-0.05, 0) is 39.4 Å². The molecule has 0 aromatic rings. The van der Waals surface area contributed by atoms with Crippen LogP contribution in [0.5, 0.6) is 0 Å². The number of hydrogen-bond donors (Lipinski definition) is 0. The fourth-order valence-corrected chi connectivity index (χ4v) is 2.70. The molecule has 0 bridgehead atoms. The highest BCUT2D eigenvalue weighted by Crippen LogP contribution is 2.34. The zero-order chi connectivity index (χ0) is 10.9. The minimum atomic E-state index is 0.426. The van der Waals surface area contributed by atoms with Gasteiger partial charge in [0.1, 0.15) is 0 Å². The van der Waals surface area contributed by atoms with E-state index >= 15 is 0 Å². The van der Waals surface area contributed by atoms with Crippen LogP contribution in [0.2, 0.25) is 0 Å². The highest BCUT2D eigenvalue weighted by molar-refractivity contribution is 4.92. The molecule has 84 valence electrons. The molecule has 1 heterocycles. The summed E-state index contributed by atoms with van der Waals surface area (Å²) < 4.78 is 0. The summed E-state index contributed by atoms with van der Waals surface area (Å²) in [7, 11) is 6.62.